The first-order valence-corrected chi connectivity index (χ1v) is 22.1. The van der Waals surface area contributed by atoms with Crippen LogP contribution in [0.4, 0.5) is 0 Å². The van der Waals surface area contributed by atoms with E-state index in [0.717, 1.165) is 0 Å². The summed E-state index contributed by atoms with van der Waals surface area (Å²) in [7, 11) is 0. The average molecular weight is 963 g/mol. The molecular formula is C54H44Cl4O8. The Morgan fingerprint density at radius 2 is 0.303 bits per heavy atom. The molecule has 8 aromatic rings. The van der Waals surface area contributed by atoms with Crippen LogP contribution >= 0.6 is 46.4 Å². The van der Waals surface area contributed by atoms with E-state index < -0.39 is 0 Å². The lowest BCUT2D eigenvalue weighted by atomic mass is 9.84. The maximum absolute atomic E-state index is 10.7. The minimum absolute atomic E-state index is 0.0131. The number of halogens is 4. The van der Waals surface area contributed by atoms with Gasteiger partial charge in [0.25, 0.3) is 0 Å². The molecule has 336 valence electrons. The number of para-hydroxylation sites is 8. The zero-order valence-electron chi connectivity index (χ0n) is 35.0. The van der Waals surface area contributed by atoms with Crippen LogP contribution in [0.1, 0.15) is 44.5 Å². The van der Waals surface area contributed by atoms with Gasteiger partial charge in [0.2, 0.25) is 0 Å². The van der Waals surface area contributed by atoms with Crippen molar-refractivity contribution in [1.82, 2.24) is 0 Å². The van der Waals surface area contributed by atoms with Gasteiger partial charge in [0, 0.05) is 66.8 Å². The van der Waals surface area contributed by atoms with Crippen molar-refractivity contribution in [2.75, 3.05) is 10.7 Å². The zero-order chi connectivity index (χ0) is 47.6. The van der Waals surface area contributed by atoms with Crippen molar-refractivity contribution in [3.05, 3.63) is 239 Å². The number of benzene rings is 8. The number of aromatic hydroxyl groups is 8. The van der Waals surface area contributed by atoms with E-state index in [9.17, 15) is 40.9 Å². The van der Waals surface area contributed by atoms with Gasteiger partial charge in [0.1, 0.15) is 46.0 Å². The maximum Gasteiger partial charge on any atom is 0.123 e. The standard InChI is InChI=1S/2C26H20O4.2CH2Cl2/c2*27-21-13-5-1-9-17(21)25(18-10-2-6-14-22(18)28)26(19-11-3-7-15-23(19)29)20-12-4-8-16-24(20)30;2*2-1-3/h2*1-16,27-30H;2*1H2. The first-order valence-electron chi connectivity index (χ1n) is 20.0. The van der Waals surface area contributed by atoms with Crippen LogP contribution in [0, 0.1) is 0 Å². The summed E-state index contributed by atoms with van der Waals surface area (Å²) in [5.41, 5.74) is 5.59. The van der Waals surface area contributed by atoms with Gasteiger partial charge in [-0.05, 0) is 48.5 Å². The number of phenolic OH excluding ortho intramolecular Hbond substituents is 8. The molecule has 0 saturated carbocycles. The van der Waals surface area contributed by atoms with Gasteiger partial charge in [0.05, 0.1) is 10.7 Å². The summed E-state index contributed by atoms with van der Waals surface area (Å²) in [6, 6.07) is 54.2. The van der Waals surface area contributed by atoms with E-state index in [1.807, 2.05) is 0 Å². The number of alkyl halides is 4. The van der Waals surface area contributed by atoms with Gasteiger partial charge < -0.3 is 40.9 Å². The van der Waals surface area contributed by atoms with Gasteiger partial charge in [-0.3, -0.25) is 0 Å². The second kappa shape index (κ2) is 24.8. The lowest BCUT2D eigenvalue weighted by molar-refractivity contribution is 0.468. The summed E-state index contributed by atoms with van der Waals surface area (Å²) in [5, 5.41) is 85.8. The predicted molar refractivity (Wildman–Crippen MR) is 268 cm³/mol. The molecule has 0 aromatic heterocycles. The van der Waals surface area contributed by atoms with E-state index in [0.29, 0.717) is 66.8 Å². The maximum atomic E-state index is 10.7. The Bertz CT molecular complexity index is 2350. The van der Waals surface area contributed by atoms with Crippen molar-refractivity contribution >= 4 is 68.7 Å². The summed E-state index contributed by atoms with van der Waals surface area (Å²) >= 11 is 19.1. The summed E-state index contributed by atoms with van der Waals surface area (Å²) in [4.78, 5) is 0. The zero-order valence-corrected chi connectivity index (χ0v) is 38.0. The quantitative estimate of drug-likeness (QED) is 0.0551. The fourth-order valence-electron chi connectivity index (χ4n) is 7.14. The highest BCUT2D eigenvalue weighted by Crippen LogP contribution is 2.48. The molecule has 0 saturated heterocycles. The van der Waals surface area contributed by atoms with Gasteiger partial charge in [-0.25, -0.2) is 0 Å². The van der Waals surface area contributed by atoms with Crippen LogP contribution < -0.4 is 0 Å². The minimum Gasteiger partial charge on any atom is -0.507 e. The van der Waals surface area contributed by atoms with Crippen molar-refractivity contribution in [3.63, 3.8) is 0 Å². The monoisotopic (exact) mass is 960 g/mol. The molecule has 0 bridgehead atoms. The first kappa shape index (κ1) is 49.8. The molecule has 8 nitrogen and oxygen atoms in total. The van der Waals surface area contributed by atoms with Crippen molar-refractivity contribution in [2.24, 2.45) is 0 Å². The molecule has 0 heterocycles. The predicted octanol–water partition coefficient (Wildman–Crippen LogP) is 13.9. The van der Waals surface area contributed by atoms with E-state index in [1.165, 1.54) is 0 Å². The van der Waals surface area contributed by atoms with Crippen LogP contribution in [0.2, 0.25) is 0 Å². The second-order valence-corrected chi connectivity index (χ2v) is 15.5. The van der Waals surface area contributed by atoms with E-state index >= 15 is 0 Å². The summed E-state index contributed by atoms with van der Waals surface area (Å²) in [5.74, 6) is 0.104. The molecule has 0 aliphatic heterocycles. The smallest absolute Gasteiger partial charge is 0.123 e. The fraction of sp³-hybridized carbons (Fsp3) is 0.0370. The fourth-order valence-corrected chi connectivity index (χ4v) is 7.14. The summed E-state index contributed by atoms with van der Waals surface area (Å²) < 4.78 is 0. The highest BCUT2D eigenvalue weighted by atomic mass is 35.5. The molecule has 8 N–H and O–H groups in total. The molecular weight excluding hydrogens is 918 g/mol. The van der Waals surface area contributed by atoms with Gasteiger partial charge >= 0.3 is 0 Å². The molecule has 0 fully saturated rings. The number of phenols is 8. The average Bonchev–Trinajstić information content (AvgIpc) is 3.31. The van der Waals surface area contributed by atoms with Gasteiger partial charge in [-0.1, -0.05) is 146 Å². The number of hydrogen-bond donors (Lipinski definition) is 8. The summed E-state index contributed by atoms with van der Waals surface area (Å²) in [6.07, 6.45) is 0. The lowest BCUT2D eigenvalue weighted by Crippen LogP contribution is -1.99. The Hall–Kier alpha value is -7.20. The normalized spacial score (nSPS) is 10.1. The molecule has 0 aliphatic rings. The van der Waals surface area contributed by atoms with Crippen molar-refractivity contribution in [1.29, 1.82) is 0 Å². The molecule has 0 atom stereocenters. The Balaban J connectivity index is 0.000000221. The molecule has 8 aromatic carbocycles. The molecule has 0 unspecified atom stereocenters. The Kier molecular flexibility index (Phi) is 18.7. The molecule has 0 spiro atoms. The number of hydrogen-bond acceptors (Lipinski definition) is 8. The highest BCUT2D eigenvalue weighted by molar-refractivity contribution is 6.41. The molecule has 8 rings (SSSR count). The topological polar surface area (TPSA) is 162 Å². The van der Waals surface area contributed by atoms with Crippen LogP contribution in [-0.4, -0.2) is 51.5 Å². The Morgan fingerprint density at radius 1 is 0.212 bits per heavy atom. The van der Waals surface area contributed by atoms with Crippen LogP contribution in [0.5, 0.6) is 46.0 Å². The van der Waals surface area contributed by atoms with E-state index in [4.69, 9.17) is 46.4 Å². The third-order valence-corrected chi connectivity index (χ3v) is 9.89. The van der Waals surface area contributed by atoms with E-state index in [-0.39, 0.29) is 56.7 Å². The van der Waals surface area contributed by atoms with Crippen LogP contribution in [0.25, 0.3) is 22.3 Å². The van der Waals surface area contributed by atoms with Crippen molar-refractivity contribution < 1.29 is 40.9 Å². The molecule has 0 radical (unpaired) electrons. The highest BCUT2D eigenvalue weighted by Gasteiger charge is 2.25. The third-order valence-electron chi connectivity index (χ3n) is 9.89. The van der Waals surface area contributed by atoms with Crippen LogP contribution in [-0.2, 0) is 0 Å². The number of rotatable bonds is 8. The van der Waals surface area contributed by atoms with E-state index in [2.05, 4.69) is 0 Å². The van der Waals surface area contributed by atoms with Gasteiger partial charge in [-0.2, -0.15) is 0 Å². The summed E-state index contributed by atoms with van der Waals surface area (Å²) in [6.45, 7) is 0. The molecule has 0 aliphatic carbocycles. The first-order chi connectivity index (χ1) is 32.0. The third kappa shape index (κ3) is 12.1. The van der Waals surface area contributed by atoms with Crippen molar-refractivity contribution in [3.8, 4) is 46.0 Å². The lowest BCUT2D eigenvalue weighted by Gasteiger charge is -2.20. The van der Waals surface area contributed by atoms with Crippen molar-refractivity contribution in [2.45, 2.75) is 0 Å². The van der Waals surface area contributed by atoms with Gasteiger partial charge in [-0.15, -0.1) is 46.4 Å². The molecule has 66 heavy (non-hydrogen) atoms. The van der Waals surface area contributed by atoms with Crippen LogP contribution in [0.15, 0.2) is 194 Å². The molecule has 0 amide bonds. The van der Waals surface area contributed by atoms with Crippen LogP contribution in [0.3, 0.4) is 0 Å². The van der Waals surface area contributed by atoms with E-state index in [1.54, 1.807) is 194 Å². The Labute approximate surface area is 402 Å². The SMILES string of the molecule is ClCCl.ClCCl.Oc1ccccc1C(=C(c1ccccc1O)c1ccccc1O)c1ccccc1O.Oc1ccccc1C(=C(c1ccccc1O)c1ccccc1O)c1ccccc1O. The second-order valence-electron chi connectivity index (χ2n) is 13.8. The largest absolute Gasteiger partial charge is 0.507 e. The van der Waals surface area contributed by atoms with Gasteiger partial charge in [0.15, 0.2) is 0 Å². The molecule has 12 heteroatoms. The minimum atomic E-state index is 0.0131. The Morgan fingerprint density at radius 3 is 0.394 bits per heavy atom.